The Labute approximate surface area is 223 Å². The van der Waals surface area contributed by atoms with Crippen LogP contribution in [0, 0.1) is 0 Å². The van der Waals surface area contributed by atoms with Crippen LogP contribution in [0.2, 0.25) is 0 Å². The molecule has 6 nitrogen and oxygen atoms in total. The second kappa shape index (κ2) is 9.92. The molecular formula is C28H21F6N5O. The molecule has 0 aliphatic rings. The first-order chi connectivity index (χ1) is 18.8. The molecule has 206 valence electrons. The van der Waals surface area contributed by atoms with E-state index < -0.39 is 29.2 Å². The lowest BCUT2D eigenvalue weighted by molar-refractivity contribution is -0.141. The average molecular weight is 557 g/mol. The van der Waals surface area contributed by atoms with Crippen molar-refractivity contribution in [1.82, 2.24) is 24.1 Å². The third kappa shape index (κ3) is 5.21. The normalized spacial score (nSPS) is 12.4. The van der Waals surface area contributed by atoms with Crippen LogP contribution in [0.15, 0.2) is 77.9 Å². The Morgan fingerprint density at radius 1 is 0.850 bits per heavy atom. The van der Waals surface area contributed by atoms with E-state index in [1.807, 2.05) is 0 Å². The molecule has 0 unspecified atom stereocenters. The number of hydrogen-bond acceptors (Lipinski definition) is 4. The van der Waals surface area contributed by atoms with Crippen LogP contribution < -0.4 is 5.56 Å². The van der Waals surface area contributed by atoms with E-state index in [2.05, 4.69) is 15.0 Å². The topological polar surface area (TPSA) is 65.6 Å². The van der Waals surface area contributed by atoms with Crippen molar-refractivity contribution in [3.05, 3.63) is 100 Å². The number of hydrogen-bond donors (Lipinski definition) is 0. The summed E-state index contributed by atoms with van der Waals surface area (Å²) < 4.78 is 83.3. The van der Waals surface area contributed by atoms with Crippen LogP contribution in [0.1, 0.15) is 36.7 Å². The smallest absolute Gasteiger partial charge is 0.328 e. The number of alkyl halides is 6. The standard InChI is InChI=1S/C28H21F6N5O/c1-16(2)38-15-22(28(32,33)34)36-25(38)18-9-7-17(8-10-18)14-39-23(40)12-11-19-13-35-24(37-26(19)39)20-5-3-4-6-21(20)27(29,30)31/h3-13,15-16H,14H2,1-2H3. The summed E-state index contributed by atoms with van der Waals surface area (Å²) in [4.78, 5) is 25.0. The molecule has 2 aromatic carbocycles. The Morgan fingerprint density at radius 3 is 2.20 bits per heavy atom. The van der Waals surface area contributed by atoms with E-state index in [0.29, 0.717) is 16.5 Å². The molecule has 0 aliphatic carbocycles. The maximum absolute atomic E-state index is 13.6. The lowest BCUT2D eigenvalue weighted by atomic mass is 10.1. The highest BCUT2D eigenvalue weighted by Gasteiger charge is 2.35. The van der Waals surface area contributed by atoms with Crippen molar-refractivity contribution in [2.75, 3.05) is 0 Å². The van der Waals surface area contributed by atoms with Crippen LogP contribution >= 0.6 is 0 Å². The second-order valence-corrected chi connectivity index (χ2v) is 9.42. The van der Waals surface area contributed by atoms with Crippen molar-refractivity contribution in [2.45, 2.75) is 38.8 Å². The summed E-state index contributed by atoms with van der Waals surface area (Å²) in [6, 6.07) is 13.9. The predicted octanol–water partition coefficient (Wildman–Crippen LogP) is 6.99. The van der Waals surface area contributed by atoms with Gasteiger partial charge in [-0.2, -0.15) is 26.3 Å². The minimum absolute atomic E-state index is 0.0141. The number of rotatable bonds is 5. The fourth-order valence-corrected chi connectivity index (χ4v) is 4.36. The molecule has 5 rings (SSSR count). The highest BCUT2D eigenvalue weighted by Crippen LogP contribution is 2.36. The molecule has 0 bridgehead atoms. The lowest BCUT2D eigenvalue weighted by Gasteiger charge is -2.14. The van der Waals surface area contributed by atoms with Crippen molar-refractivity contribution in [1.29, 1.82) is 0 Å². The van der Waals surface area contributed by atoms with Gasteiger partial charge in [0.25, 0.3) is 5.56 Å². The van der Waals surface area contributed by atoms with Crippen LogP contribution in [0.5, 0.6) is 0 Å². The summed E-state index contributed by atoms with van der Waals surface area (Å²) in [5.41, 5.74) is -1.34. The van der Waals surface area contributed by atoms with E-state index in [-0.39, 0.29) is 35.4 Å². The van der Waals surface area contributed by atoms with Crippen molar-refractivity contribution in [3.8, 4) is 22.8 Å². The first kappa shape index (κ1) is 27.1. The minimum atomic E-state index is -4.63. The summed E-state index contributed by atoms with van der Waals surface area (Å²) in [7, 11) is 0. The van der Waals surface area contributed by atoms with Crippen molar-refractivity contribution >= 4 is 11.0 Å². The third-order valence-corrected chi connectivity index (χ3v) is 6.33. The maximum Gasteiger partial charge on any atom is 0.434 e. The predicted molar refractivity (Wildman–Crippen MR) is 136 cm³/mol. The zero-order chi connectivity index (χ0) is 28.8. The largest absolute Gasteiger partial charge is 0.434 e. The molecule has 0 radical (unpaired) electrons. The molecule has 0 saturated carbocycles. The highest BCUT2D eigenvalue weighted by molar-refractivity contribution is 5.77. The van der Waals surface area contributed by atoms with Gasteiger partial charge in [0, 0.05) is 41.0 Å². The summed E-state index contributed by atoms with van der Waals surface area (Å²) in [6.07, 6.45) is -6.89. The zero-order valence-electron chi connectivity index (χ0n) is 21.1. The quantitative estimate of drug-likeness (QED) is 0.219. The van der Waals surface area contributed by atoms with Crippen LogP contribution in [-0.2, 0) is 18.9 Å². The number of pyridine rings is 1. The minimum Gasteiger partial charge on any atom is -0.328 e. The van der Waals surface area contributed by atoms with Gasteiger partial charge < -0.3 is 4.57 Å². The SMILES string of the molecule is CC(C)n1cc(C(F)(F)F)nc1-c1ccc(Cn2c(=O)ccc3cnc(-c4ccccc4C(F)(F)F)nc32)cc1. The Kier molecular flexibility index (Phi) is 6.72. The monoisotopic (exact) mass is 557 g/mol. The van der Waals surface area contributed by atoms with Crippen LogP contribution in [0.3, 0.4) is 0 Å². The van der Waals surface area contributed by atoms with Crippen molar-refractivity contribution in [2.24, 2.45) is 0 Å². The number of fused-ring (bicyclic) bond motifs is 1. The molecule has 0 fully saturated rings. The molecule has 3 heterocycles. The Bertz CT molecular complexity index is 1750. The summed E-state index contributed by atoms with van der Waals surface area (Å²) in [6.45, 7) is 3.51. The van der Waals surface area contributed by atoms with Gasteiger partial charge in [-0.1, -0.05) is 42.5 Å². The van der Waals surface area contributed by atoms with Gasteiger partial charge in [0.05, 0.1) is 12.1 Å². The van der Waals surface area contributed by atoms with Crippen molar-refractivity contribution in [3.63, 3.8) is 0 Å². The van der Waals surface area contributed by atoms with Gasteiger partial charge in [-0.3, -0.25) is 9.36 Å². The number of nitrogens with zero attached hydrogens (tertiary/aromatic N) is 5. The first-order valence-electron chi connectivity index (χ1n) is 12.1. The van der Waals surface area contributed by atoms with Gasteiger partial charge >= 0.3 is 12.4 Å². The molecule has 0 saturated heterocycles. The molecule has 0 amide bonds. The molecule has 40 heavy (non-hydrogen) atoms. The molecule has 0 N–H and O–H groups in total. The molecular weight excluding hydrogens is 536 g/mol. The first-order valence-corrected chi connectivity index (χ1v) is 12.1. The number of aromatic nitrogens is 5. The number of halogens is 6. The van der Waals surface area contributed by atoms with Crippen LogP contribution in [0.25, 0.3) is 33.8 Å². The molecule has 5 aromatic rings. The van der Waals surface area contributed by atoms with Gasteiger partial charge in [-0.15, -0.1) is 0 Å². The second-order valence-electron chi connectivity index (χ2n) is 9.42. The third-order valence-electron chi connectivity index (χ3n) is 6.33. The van der Waals surface area contributed by atoms with E-state index in [1.54, 1.807) is 38.1 Å². The van der Waals surface area contributed by atoms with E-state index in [0.717, 1.165) is 12.3 Å². The maximum atomic E-state index is 13.6. The van der Waals surface area contributed by atoms with Gasteiger partial charge in [-0.05, 0) is 31.5 Å². The summed E-state index contributed by atoms with van der Waals surface area (Å²) in [5.74, 6) is -0.0342. The fourth-order valence-electron chi connectivity index (χ4n) is 4.36. The number of benzene rings is 2. The van der Waals surface area contributed by atoms with E-state index >= 15 is 0 Å². The molecule has 12 heteroatoms. The van der Waals surface area contributed by atoms with E-state index in [1.165, 1.54) is 45.7 Å². The highest BCUT2D eigenvalue weighted by atomic mass is 19.4. The Hall–Kier alpha value is -4.48. The van der Waals surface area contributed by atoms with E-state index in [4.69, 9.17) is 0 Å². The van der Waals surface area contributed by atoms with E-state index in [9.17, 15) is 31.1 Å². The summed E-state index contributed by atoms with van der Waals surface area (Å²) >= 11 is 0. The van der Waals surface area contributed by atoms with Crippen LogP contribution in [-0.4, -0.2) is 24.1 Å². The fraction of sp³-hybridized carbons (Fsp3) is 0.214. The molecule has 0 spiro atoms. The molecule has 0 atom stereocenters. The Morgan fingerprint density at radius 2 is 1.55 bits per heavy atom. The molecule has 3 aromatic heterocycles. The summed E-state index contributed by atoms with van der Waals surface area (Å²) in [5, 5.41) is 0.447. The Balaban J connectivity index is 1.53. The van der Waals surface area contributed by atoms with Gasteiger partial charge in [0.2, 0.25) is 0 Å². The van der Waals surface area contributed by atoms with Crippen molar-refractivity contribution < 1.29 is 26.3 Å². The van der Waals surface area contributed by atoms with Gasteiger partial charge in [0.1, 0.15) is 11.5 Å². The lowest BCUT2D eigenvalue weighted by Crippen LogP contribution is -2.21. The van der Waals surface area contributed by atoms with Gasteiger partial charge in [-0.25, -0.2) is 15.0 Å². The molecule has 0 aliphatic heterocycles. The van der Waals surface area contributed by atoms with Gasteiger partial charge in [0.15, 0.2) is 11.5 Å². The van der Waals surface area contributed by atoms with Crippen LogP contribution in [0.4, 0.5) is 26.3 Å². The zero-order valence-corrected chi connectivity index (χ0v) is 21.1. The average Bonchev–Trinajstić information content (AvgIpc) is 3.37. The number of imidazole rings is 1.